The molecule has 2 atom stereocenters. The highest BCUT2D eigenvalue weighted by atomic mass is 79.9. The summed E-state index contributed by atoms with van der Waals surface area (Å²) in [5.74, 6) is -0.757. The minimum Gasteiger partial charge on any atom is -0.383 e. The number of aromatic nitrogens is 8. The van der Waals surface area contributed by atoms with Crippen LogP contribution in [0.5, 0.6) is 0 Å². The van der Waals surface area contributed by atoms with Crippen LogP contribution in [0.25, 0.3) is 87.7 Å². The number of fused-ring (bicyclic) bond motifs is 12. The molecule has 13 rings (SSSR count). The average Bonchev–Trinajstić information content (AvgIpc) is 2.26. The molecule has 0 radical (unpaired) electrons. The molecule has 4 amide bonds. The van der Waals surface area contributed by atoms with Gasteiger partial charge in [0.25, 0.3) is 23.6 Å². The minimum absolute atomic E-state index is 0.0251. The van der Waals surface area contributed by atoms with Crippen LogP contribution in [0, 0.1) is 0 Å². The van der Waals surface area contributed by atoms with E-state index in [1.807, 2.05) is 121 Å². The molecule has 24 nitrogen and oxygen atoms in total. The normalized spacial score (nSPS) is 13.0. The van der Waals surface area contributed by atoms with Gasteiger partial charge in [0.05, 0.1) is 50.9 Å². The molecule has 0 bridgehead atoms. The van der Waals surface area contributed by atoms with E-state index >= 15 is 0 Å². The Morgan fingerprint density at radius 1 is 0.535 bits per heavy atom. The van der Waals surface area contributed by atoms with Crippen LogP contribution in [0.3, 0.4) is 0 Å². The number of nitrogens with zero attached hydrogens (tertiary/aromatic N) is 9. The molecule has 0 fully saturated rings. The fourth-order valence-corrected chi connectivity index (χ4v) is 11.4. The summed E-state index contributed by atoms with van der Waals surface area (Å²) in [4.78, 5) is 68.1. The van der Waals surface area contributed by atoms with Crippen LogP contribution in [0.15, 0.2) is 125 Å². The number of nitrogens with one attached hydrogen (secondary N) is 1. The maximum atomic E-state index is 11.6. The van der Waals surface area contributed by atoms with Crippen molar-refractivity contribution in [1.82, 2.24) is 43.5 Å². The molecule has 0 saturated carbocycles. The zero-order chi connectivity index (χ0) is 61.4. The third-order valence-corrected chi connectivity index (χ3v) is 15.5. The van der Waals surface area contributed by atoms with Gasteiger partial charge in [0.15, 0.2) is 0 Å². The van der Waals surface area contributed by atoms with Crippen LogP contribution >= 0.6 is 15.9 Å². The Morgan fingerprint density at radius 3 is 1.40 bits per heavy atom. The van der Waals surface area contributed by atoms with E-state index in [4.69, 9.17) is 57.3 Å². The van der Waals surface area contributed by atoms with Gasteiger partial charge in [-0.25, -0.2) is 19.9 Å². The number of halogens is 1. The van der Waals surface area contributed by atoms with E-state index in [0.717, 1.165) is 124 Å². The molecular weight excluding hydrogens is 1160 g/mol. The molecule has 1 aliphatic heterocycles. The first kappa shape index (κ1) is 58.8. The smallest absolute Gasteiger partial charge is 0.252 e. The fourth-order valence-electron chi connectivity index (χ4n) is 11.0. The topological polar surface area (TPSA) is 424 Å². The molecule has 0 spiro atoms. The quantitative estimate of drug-likeness (QED) is 0.0656. The number of nitrogen functional groups attached to an aromatic ring is 4. The molecule has 25 heteroatoms. The summed E-state index contributed by atoms with van der Waals surface area (Å²) in [7, 11) is 0. The Hall–Kier alpha value is -10.4. The van der Waals surface area contributed by atoms with Crippen LogP contribution in [0.1, 0.15) is 74.7 Å². The van der Waals surface area contributed by atoms with Crippen molar-refractivity contribution in [3.05, 3.63) is 142 Å². The number of primary amides is 4. The summed E-state index contributed by atoms with van der Waals surface area (Å²) in [5.41, 5.74) is 64.7. The zero-order valence-corrected chi connectivity index (χ0v) is 49.0. The number of amidine groups is 1. The van der Waals surface area contributed by atoms with E-state index in [1.54, 1.807) is 24.3 Å². The number of hydrogen-bond donors (Lipinski definition) is 11. The van der Waals surface area contributed by atoms with Crippen LogP contribution < -0.4 is 62.7 Å². The van der Waals surface area contributed by atoms with Gasteiger partial charge in [-0.15, -0.1) is 0 Å². The lowest BCUT2D eigenvalue weighted by Gasteiger charge is -2.16. The fraction of sp³-hybridized carbons (Fsp3) is 0.197. The van der Waals surface area contributed by atoms with Gasteiger partial charge in [-0.1, -0.05) is 70.5 Å². The zero-order valence-electron chi connectivity index (χ0n) is 47.4. The van der Waals surface area contributed by atoms with E-state index in [2.05, 4.69) is 55.3 Å². The van der Waals surface area contributed by atoms with Gasteiger partial charge in [-0.3, -0.25) is 24.2 Å². The van der Waals surface area contributed by atoms with Crippen molar-refractivity contribution in [3.63, 3.8) is 0 Å². The Kier molecular flexibility index (Phi) is 16.5. The molecule has 9 heterocycles. The summed E-state index contributed by atoms with van der Waals surface area (Å²) < 4.78 is 9.18. The highest BCUT2D eigenvalue weighted by molar-refractivity contribution is 9.10. The van der Waals surface area contributed by atoms with Gasteiger partial charge in [-0.05, 0) is 87.9 Å². The number of pyridine rings is 4. The van der Waals surface area contributed by atoms with Crippen molar-refractivity contribution in [2.24, 2.45) is 39.4 Å². The molecule has 0 aliphatic carbocycles. The number of amides is 4. The highest BCUT2D eigenvalue weighted by Crippen LogP contribution is 2.36. The summed E-state index contributed by atoms with van der Waals surface area (Å²) in [6.07, 6.45) is 1.05. The first-order chi connectivity index (χ1) is 41.2. The summed E-state index contributed by atoms with van der Waals surface area (Å²) in [6, 6.07) is 36.7. The van der Waals surface area contributed by atoms with Crippen molar-refractivity contribution in [3.8, 4) is 0 Å². The molecular formula is C61H65BrN20O4. The second-order valence-corrected chi connectivity index (χ2v) is 21.7. The largest absolute Gasteiger partial charge is 0.383 e. The lowest BCUT2D eigenvalue weighted by Crippen LogP contribution is -2.32. The monoisotopic (exact) mass is 1220 g/mol. The van der Waals surface area contributed by atoms with Gasteiger partial charge in [-0.2, -0.15) is 0 Å². The molecule has 1 unspecified atom stereocenters. The standard InChI is InChI=1S/C17H18N6O.2C15H17N5O.C14H13BrN4O/c18-15-12(16(19)24)8-11-10-4-1-2-5-13(10)23(17(11)22-15)9-14-20-6-3-7-21-14;1-8(16)7-20-12-5-3-2-4-9(12)10-6-11(14(18)21)13(17)19-15(10)20;1-8(7-16)20-12-5-3-2-4-9(12)10-6-11(14(18)21)13(17)19-15(10)20;1-2-19-11-4-3-7(15)5-8(11)9-6-10(13(17)20)12(16)18-14(9)19/h1-2,4-5,8H,3,6-7,9H2,(H2,18,22)(H2,19,24)(H,20,21);2*2-6,8H,7,16H2,1H3,(H2,17,19)(H2,18,21);3-6H,2H2,1H3,(H2,16,18)(H2,17,20)/t;8-;;/m.0../s1. The summed E-state index contributed by atoms with van der Waals surface area (Å²) >= 11 is 3.47. The van der Waals surface area contributed by atoms with Gasteiger partial charge in [0, 0.05) is 92.4 Å². The number of carbonyl (C=O) groups excluding carboxylic acids is 4. The lowest BCUT2D eigenvalue weighted by molar-refractivity contribution is 0.0992. The van der Waals surface area contributed by atoms with Crippen LogP contribution in [-0.2, 0) is 19.6 Å². The number of benzene rings is 4. The van der Waals surface area contributed by atoms with Crippen molar-refractivity contribution in [2.45, 2.75) is 58.9 Å². The summed E-state index contributed by atoms with van der Waals surface area (Å²) in [6.45, 7) is 10.2. The number of para-hydroxylation sites is 3. The minimum atomic E-state index is -0.578. The van der Waals surface area contributed by atoms with Gasteiger partial charge >= 0.3 is 0 Å². The van der Waals surface area contributed by atoms with Gasteiger partial charge in [0.2, 0.25) is 0 Å². The van der Waals surface area contributed by atoms with Crippen molar-refractivity contribution >= 4 is 156 Å². The predicted molar refractivity (Wildman–Crippen MR) is 346 cm³/mol. The molecule has 1 aliphatic rings. The number of aliphatic imine (C=N–C) groups is 1. The number of nitrogens with two attached hydrogens (primary N) is 10. The number of hydrogen-bond acceptors (Lipinski definition) is 16. The molecule has 86 heavy (non-hydrogen) atoms. The highest BCUT2D eigenvalue weighted by Gasteiger charge is 2.22. The first-order valence-corrected chi connectivity index (χ1v) is 28.3. The summed E-state index contributed by atoms with van der Waals surface area (Å²) in [5, 5.41) is 10.8. The van der Waals surface area contributed by atoms with Gasteiger partial charge in [0.1, 0.15) is 51.7 Å². The molecule has 0 saturated heterocycles. The number of aryl methyl sites for hydroxylation is 1. The molecule has 12 aromatic rings. The first-order valence-electron chi connectivity index (χ1n) is 27.5. The van der Waals surface area contributed by atoms with Crippen LogP contribution in [0.4, 0.5) is 23.3 Å². The van der Waals surface area contributed by atoms with E-state index in [1.165, 1.54) is 0 Å². The van der Waals surface area contributed by atoms with Crippen molar-refractivity contribution < 1.29 is 19.2 Å². The Morgan fingerprint density at radius 2 is 0.942 bits per heavy atom. The van der Waals surface area contributed by atoms with Crippen molar-refractivity contribution in [1.29, 1.82) is 0 Å². The lowest BCUT2D eigenvalue weighted by atomic mass is 10.1. The van der Waals surface area contributed by atoms with E-state index in [9.17, 15) is 19.2 Å². The molecule has 8 aromatic heterocycles. The van der Waals surface area contributed by atoms with E-state index < -0.39 is 23.6 Å². The van der Waals surface area contributed by atoms with E-state index in [-0.39, 0.29) is 57.6 Å². The Labute approximate surface area is 499 Å². The van der Waals surface area contributed by atoms with Crippen LogP contribution in [0.2, 0.25) is 0 Å². The molecule has 4 aromatic carbocycles. The third kappa shape index (κ3) is 11.0. The van der Waals surface area contributed by atoms with E-state index in [0.29, 0.717) is 19.6 Å². The number of rotatable bonds is 11. The molecule has 440 valence electrons. The molecule has 21 N–H and O–H groups in total. The third-order valence-electron chi connectivity index (χ3n) is 15.0. The second kappa shape index (κ2) is 24.1. The number of carbonyl (C=O) groups is 4. The average molecular weight is 1220 g/mol. The maximum absolute atomic E-state index is 11.6. The Bertz CT molecular complexity index is 4730. The number of anilines is 4. The second-order valence-electron chi connectivity index (χ2n) is 20.8. The van der Waals surface area contributed by atoms with Crippen molar-refractivity contribution in [2.75, 3.05) is 42.6 Å². The maximum Gasteiger partial charge on any atom is 0.252 e. The SMILES string of the molecule is CC(CN)n1c2ccccc2c2cc(C(N)=O)c(N)nc21.CCn1c2ccc(Br)cc2c2cc(C(N)=O)c(N)nc21.C[C@H](N)Cn1c2ccccc2c2cc(C(N)=O)c(N)nc21.NC(=O)c1cc2c3ccccc3n(CC3=NCCCN3)c2nc1N. The van der Waals surface area contributed by atoms with Gasteiger partial charge < -0.3 is 80.9 Å². The predicted octanol–water partition coefficient (Wildman–Crippen LogP) is 6.52. The Balaban J connectivity index is 0.000000128. The van der Waals surface area contributed by atoms with Crippen LogP contribution in [-0.4, -0.2) is 93.3 Å².